The molecule has 0 aromatic heterocycles. The Morgan fingerprint density at radius 1 is 0.895 bits per heavy atom. The van der Waals surface area contributed by atoms with Crippen LogP contribution in [0, 0.1) is 23.3 Å². The molecule has 0 radical (unpaired) electrons. The smallest absolute Gasteiger partial charge is 0.159 e. The molecule has 1 nitrogen and oxygen atoms in total. The highest BCUT2D eigenvalue weighted by molar-refractivity contribution is 5.59. The predicted molar refractivity (Wildman–Crippen MR) is 62.8 cm³/mol. The molecule has 0 aliphatic carbocycles. The molecule has 0 bridgehead atoms. The number of rotatable bonds is 1. The van der Waals surface area contributed by atoms with E-state index in [0.29, 0.717) is 17.5 Å². The molecule has 2 aromatic rings. The minimum atomic E-state index is -0.957. The van der Waals surface area contributed by atoms with E-state index >= 15 is 0 Å². The van der Waals surface area contributed by atoms with Crippen molar-refractivity contribution in [2.24, 2.45) is 0 Å². The van der Waals surface area contributed by atoms with Gasteiger partial charge >= 0.3 is 0 Å². The normalized spacial score (nSPS) is 17.2. The highest BCUT2D eigenvalue weighted by Crippen LogP contribution is 2.36. The summed E-state index contributed by atoms with van der Waals surface area (Å²) in [4.78, 5) is 0. The quantitative estimate of drug-likeness (QED) is 0.771. The number of halogens is 4. The zero-order chi connectivity index (χ0) is 13.6. The average Bonchev–Trinajstić information content (AvgIpc) is 2.76. The lowest BCUT2D eigenvalue weighted by atomic mass is 10.0. The maximum absolute atomic E-state index is 13.5. The van der Waals surface area contributed by atoms with Gasteiger partial charge in [-0.2, -0.15) is 0 Å². The molecule has 1 N–H and O–H groups in total. The number of fused-ring (bicyclic) bond motifs is 1. The monoisotopic (exact) mass is 267 g/mol. The molecule has 19 heavy (non-hydrogen) atoms. The zero-order valence-electron chi connectivity index (χ0n) is 9.68. The Balaban J connectivity index is 1.95. The topological polar surface area (TPSA) is 12.0 Å². The van der Waals surface area contributed by atoms with Gasteiger partial charge in [-0.05, 0) is 35.7 Å². The Labute approximate surface area is 106 Å². The van der Waals surface area contributed by atoms with Crippen molar-refractivity contribution >= 4 is 5.69 Å². The van der Waals surface area contributed by atoms with Crippen LogP contribution >= 0.6 is 0 Å². The summed E-state index contributed by atoms with van der Waals surface area (Å²) in [5, 5.41) is 2.86. The van der Waals surface area contributed by atoms with E-state index < -0.39 is 23.3 Å². The molecule has 1 atom stereocenters. The van der Waals surface area contributed by atoms with Crippen molar-refractivity contribution in [3.63, 3.8) is 0 Å². The van der Waals surface area contributed by atoms with E-state index in [4.69, 9.17) is 0 Å². The summed E-state index contributed by atoms with van der Waals surface area (Å²) in [5.41, 5.74) is 1.21. The van der Waals surface area contributed by atoms with E-state index in [1.165, 1.54) is 12.1 Å². The Kier molecular flexibility index (Phi) is 2.69. The molecular formula is C14H9F4N. The van der Waals surface area contributed by atoms with Crippen LogP contribution in [0.25, 0.3) is 0 Å². The first-order valence-corrected chi connectivity index (χ1v) is 5.74. The van der Waals surface area contributed by atoms with Crippen LogP contribution in [0.5, 0.6) is 0 Å². The van der Waals surface area contributed by atoms with Crippen molar-refractivity contribution in [1.82, 2.24) is 0 Å². The van der Waals surface area contributed by atoms with Crippen molar-refractivity contribution in [2.75, 3.05) is 5.32 Å². The first kappa shape index (κ1) is 12.0. The third-order valence-corrected chi connectivity index (χ3v) is 3.23. The van der Waals surface area contributed by atoms with E-state index in [1.807, 2.05) is 0 Å². The Hall–Kier alpha value is -2.04. The molecule has 0 spiro atoms. The van der Waals surface area contributed by atoms with Gasteiger partial charge in [-0.15, -0.1) is 0 Å². The first-order valence-electron chi connectivity index (χ1n) is 5.74. The third kappa shape index (κ3) is 2.05. The molecule has 0 saturated heterocycles. The molecular weight excluding hydrogens is 258 g/mol. The van der Waals surface area contributed by atoms with Crippen LogP contribution in [0.4, 0.5) is 23.2 Å². The number of hydrogen-bond acceptors (Lipinski definition) is 1. The standard InChI is InChI=1S/C14H9F4N/c15-9-3-8-5-13(19-14(8)12(18)6-9)7-1-2-10(16)11(17)4-7/h1-4,6,13,19H,5H2. The van der Waals surface area contributed by atoms with Crippen molar-refractivity contribution in [3.05, 3.63) is 64.7 Å². The number of benzene rings is 2. The molecule has 0 saturated carbocycles. The predicted octanol–water partition coefficient (Wildman–Crippen LogP) is 3.95. The van der Waals surface area contributed by atoms with Gasteiger partial charge in [0.1, 0.15) is 11.6 Å². The largest absolute Gasteiger partial charge is 0.375 e. The fourth-order valence-electron chi connectivity index (χ4n) is 2.33. The van der Waals surface area contributed by atoms with Gasteiger partial charge in [0.15, 0.2) is 11.6 Å². The van der Waals surface area contributed by atoms with Gasteiger partial charge in [0, 0.05) is 6.07 Å². The van der Waals surface area contributed by atoms with Crippen molar-refractivity contribution in [3.8, 4) is 0 Å². The summed E-state index contributed by atoms with van der Waals surface area (Å²) < 4.78 is 52.7. The van der Waals surface area contributed by atoms with Gasteiger partial charge in [-0.3, -0.25) is 0 Å². The van der Waals surface area contributed by atoms with Crippen LogP contribution in [0.1, 0.15) is 17.2 Å². The summed E-state index contributed by atoms with van der Waals surface area (Å²) >= 11 is 0. The average molecular weight is 267 g/mol. The maximum atomic E-state index is 13.5. The Morgan fingerprint density at radius 2 is 1.68 bits per heavy atom. The lowest BCUT2D eigenvalue weighted by Gasteiger charge is -2.12. The van der Waals surface area contributed by atoms with Gasteiger partial charge in [0.05, 0.1) is 11.7 Å². The molecule has 1 aliphatic rings. The van der Waals surface area contributed by atoms with Crippen LogP contribution in [0.15, 0.2) is 30.3 Å². The van der Waals surface area contributed by atoms with Gasteiger partial charge < -0.3 is 5.32 Å². The summed E-state index contributed by atoms with van der Waals surface area (Å²) in [7, 11) is 0. The van der Waals surface area contributed by atoms with Gasteiger partial charge in [-0.1, -0.05) is 6.07 Å². The van der Waals surface area contributed by atoms with Crippen molar-refractivity contribution in [1.29, 1.82) is 0 Å². The lowest BCUT2D eigenvalue weighted by Crippen LogP contribution is -2.06. The zero-order valence-corrected chi connectivity index (χ0v) is 9.68. The fraction of sp³-hybridized carbons (Fsp3) is 0.143. The Morgan fingerprint density at radius 3 is 2.42 bits per heavy atom. The van der Waals surface area contributed by atoms with E-state index in [2.05, 4.69) is 5.32 Å². The van der Waals surface area contributed by atoms with E-state index in [0.717, 1.165) is 18.2 Å². The van der Waals surface area contributed by atoms with E-state index in [1.54, 1.807) is 0 Å². The molecule has 1 unspecified atom stereocenters. The molecule has 1 heterocycles. The van der Waals surface area contributed by atoms with Gasteiger partial charge in [0.25, 0.3) is 0 Å². The van der Waals surface area contributed by atoms with Gasteiger partial charge in [0.2, 0.25) is 0 Å². The van der Waals surface area contributed by atoms with E-state index in [9.17, 15) is 17.6 Å². The highest BCUT2D eigenvalue weighted by atomic mass is 19.2. The molecule has 5 heteroatoms. The molecule has 1 aliphatic heterocycles. The summed E-state index contributed by atoms with van der Waals surface area (Å²) in [6.07, 6.45) is 0.328. The molecule has 0 amide bonds. The van der Waals surface area contributed by atoms with Gasteiger partial charge in [-0.25, -0.2) is 17.6 Å². The summed E-state index contributed by atoms with van der Waals surface area (Å²) in [6, 6.07) is 5.15. The van der Waals surface area contributed by atoms with Crippen LogP contribution in [0.3, 0.4) is 0 Å². The lowest BCUT2D eigenvalue weighted by molar-refractivity contribution is 0.506. The van der Waals surface area contributed by atoms with Crippen LogP contribution in [-0.4, -0.2) is 0 Å². The Bertz CT molecular complexity index is 654. The second-order valence-electron chi connectivity index (χ2n) is 4.50. The number of nitrogens with one attached hydrogen (secondary N) is 1. The minimum Gasteiger partial charge on any atom is -0.375 e. The van der Waals surface area contributed by atoms with Crippen LogP contribution in [-0.2, 0) is 6.42 Å². The molecule has 0 fully saturated rings. The fourth-order valence-corrected chi connectivity index (χ4v) is 2.33. The first-order chi connectivity index (χ1) is 9.04. The third-order valence-electron chi connectivity index (χ3n) is 3.23. The molecule has 98 valence electrons. The number of hydrogen-bond donors (Lipinski definition) is 1. The summed E-state index contributed by atoms with van der Waals surface area (Å²) in [6.45, 7) is 0. The van der Waals surface area contributed by atoms with Crippen molar-refractivity contribution < 1.29 is 17.6 Å². The SMILES string of the molecule is Fc1cc(F)c2c(c1)CC(c1ccc(F)c(F)c1)N2. The van der Waals surface area contributed by atoms with Crippen LogP contribution in [0.2, 0.25) is 0 Å². The summed E-state index contributed by atoms with van der Waals surface area (Å²) in [5.74, 6) is -3.22. The van der Waals surface area contributed by atoms with E-state index in [-0.39, 0.29) is 11.7 Å². The molecule has 3 rings (SSSR count). The second-order valence-corrected chi connectivity index (χ2v) is 4.50. The molecule has 2 aromatic carbocycles. The van der Waals surface area contributed by atoms with Crippen LogP contribution < -0.4 is 5.32 Å². The highest BCUT2D eigenvalue weighted by Gasteiger charge is 2.26. The minimum absolute atomic E-state index is 0.219. The number of anilines is 1. The maximum Gasteiger partial charge on any atom is 0.159 e. The van der Waals surface area contributed by atoms with Crippen molar-refractivity contribution in [2.45, 2.75) is 12.5 Å². The second kappa shape index (κ2) is 4.26.